The van der Waals surface area contributed by atoms with Crippen LogP contribution < -0.4 is 0 Å². The summed E-state index contributed by atoms with van der Waals surface area (Å²) in [4.78, 5) is 10.3. The molecule has 0 saturated carbocycles. The molecule has 0 aliphatic carbocycles. The third-order valence-electron chi connectivity index (χ3n) is 1.30. The van der Waals surface area contributed by atoms with Crippen molar-refractivity contribution in [1.82, 2.24) is 0 Å². The minimum Gasteiger partial charge on any atom is -0.435 e. The number of rotatable bonds is 3. The zero-order chi connectivity index (χ0) is 7.98. The summed E-state index contributed by atoms with van der Waals surface area (Å²) in [7, 11) is 0. The molecule has 10 heavy (non-hydrogen) atoms. The van der Waals surface area contributed by atoms with Gasteiger partial charge in [-0.2, -0.15) is 0 Å². The minimum atomic E-state index is -0.251. The van der Waals surface area contributed by atoms with Crippen LogP contribution in [0.1, 0.15) is 33.6 Å². The maximum Gasteiger partial charge on any atom is 0.307 e. The Kier molecular flexibility index (Phi) is 4.63. The van der Waals surface area contributed by atoms with E-state index in [1.54, 1.807) is 6.26 Å². The van der Waals surface area contributed by atoms with Gasteiger partial charge >= 0.3 is 5.97 Å². The first-order valence-corrected chi connectivity index (χ1v) is 3.55. The molecule has 0 heterocycles. The van der Waals surface area contributed by atoms with E-state index < -0.39 is 0 Å². The summed E-state index contributed by atoms with van der Waals surface area (Å²) in [5.74, 6) is -0.251. The Morgan fingerprint density at radius 2 is 1.90 bits per heavy atom. The third kappa shape index (κ3) is 4.13. The molecular weight excluding hydrogens is 128 g/mol. The van der Waals surface area contributed by atoms with Crippen LogP contribution in [0, 0.1) is 0 Å². The molecule has 0 spiro atoms. The van der Waals surface area contributed by atoms with Gasteiger partial charge in [0, 0.05) is 6.92 Å². The van der Waals surface area contributed by atoms with Crippen molar-refractivity contribution in [2.45, 2.75) is 33.6 Å². The summed E-state index contributed by atoms with van der Waals surface area (Å²) >= 11 is 0. The Bertz CT molecular complexity index is 130. The van der Waals surface area contributed by atoms with Gasteiger partial charge in [0.05, 0.1) is 6.26 Å². The first-order valence-electron chi connectivity index (χ1n) is 3.55. The van der Waals surface area contributed by atoms with Gasteiger partial charge in [0.2, 0.25) is 0 Å². The summed E-state index contributed by atoms with van der Waals surface area (Å²) in [6.07, 6.45) is 3.44. The fourth-order valence-corrected chi connectivity index (χ4v) is 0.583. The largest absolute Gasteiger partial charge is 0.435 e. The summed E-state index contributed by atoms with van der Waals surface area (Å²) < 4.78 is 4.68. The molecule has 0 aliphatic heterocycles. The van der Waals surface area contributed by atoms with E-state index in [2.05, 4.69) is 4.74 Å². The number of allylic oxidation sites excluding steroid dienone is 1. The molecule has 0 aromatic rings. The average molecular weight is 142 g/mol. The van der Waals surface area contributed by atoms with Gasteiger partial charge in [-0.05, 0) is 18.4 Å². The molecule has 0 fully saturated rings. The molecule has 0 N–H and O–H groups in total. The van der Waals surface area contributed by atoms with E-state index >= 15 is 0 Å². The van der Waals surface area contributed by atoms with Crippen molar-refractivity contribution in [3.8, 4) is 0 Å². The molecule has 0 aromatic heterocycles. The summed E-state index contributed by atoms with van der Waals surface area (Å²) in [5.41, 5.74) is 1.16. The lowest BCUT2D eigenvalue weighted by atomic mass is 10.2. The van der Waals surface area contributed by atoms with Crippen molar-refractivity contribution in [3.63, 3.8) is 0 Å². The lowest BCUT2D eigenvalue weighted by Gasteiger charge is -1.98. The molecular formula is C8H14O2. The minimum absolute atomic E-state index is 0.251. The highest BCUT2D eigenvalue weighted by Gasteiger charge is 1.91. The highest BCUT2D eigenvalue weighted by molar-refractivity contribution is 5.66. The molecule has 0 amide bonds. The predicted molar refractivity (Wildman–Crippen MR) is 40.4 cm³/mol. The normalized spacial score (nSPS) is 8.70. The summed E-state index contributed by atoms with van der Waals surface area (Å²) in [6, 6.07) is 0. The predicted octanol–water partition coefficient (Wildman–Crippen LogP) is 2.25. The first kappa shape index (κ1) is 9.21. The number of carbonyl (C=O) groups is 1. The Morgan fingerprint density at radius 3 is 2.20 bits per heavy atom. The molecule has 0 rings (SSSR count). The van der Waals surface area contributed by atoms with Crippen molar-refractivity contribution in [1.29, 1.82) is 0 Å². The van der Waals surface area contributed by atoms with Crippen LogP contribution in [0.5, 0.6) is 0 Å². The van der Waals surface area contributed by atoms with Gasteiger partial charge in [0.1, 0.15) is 0 Å². The quantitative estimate of drug-likeness (QED) is 0.446. The highest BCUT2D eigenvalue weighted by Crippen LogP contribution is 2.04. The topological polar surface area (TPSA) is 26.3 Å². The molecule has 0 aliphatic rings. The smallest absolute Gasteiger partial charge is 0.307 e. The lowest BCUT2D eigenvalue weighted by molar-refractivity contribution is -0.135. The van der Waals surface area contributed by atoms with E-state index in [-0.39, 0.29) is 5.97 Å². The number of esters is 1. The first-order chi connectivity index (χ1) is 4.70. The van der Waals surface area contributed by atoms with E-state index in [1.807, 2.05) is 13.8 Å². The van der Waals surface area contributed by atoms with Crippen molar-refractivity contribution in [3.05, 3.63) is 11.8 Å². The van der Waals surface area contributed by atoms with Crippen LogP contribution >= 0.6 is 0 Å². The van der Waals surface area contributed by atoms with Gasteiger partial charge in [-0.1, -0.05) is 13.8 Å². The van der Waals surface area contributed by atoms with Crippen LogP contribution in [-0.2, 0) is 9.53 Å². The van der Waals surface area contributed by atoms with Gasteiger partial charge in [-0.15, -0.1) is 0 Å². The van der Waals surface area contributed by atoms with E-state index in [0.29, 0.717) is 0 Å². The van der Waals surface area contributed by atoms with Crippen LogP contribution in [0.25, 0.3) is 0 Å². The second-order valence-corrected chi connectivity index (χ2v) is 2.09. The fourth-order valence-electron chi connectivity index (χ4n) is 0.583. The lowest BCUT2D eigenvalue weighted by Crippen LogP contribution is -1.91. The summed E-state index contributed by atoms with van der Waals surface area (Å²) in [6.45, 7) is 5.48. The van der Waals surface area contributed by atoms with E-state index in [4.69, 9.17) is 0 Å². The Balaban J connectivity index is 3.74. The van der Waals surface area contributed by atoms with Crippen molar-refractivity contribution in [2.24, 2.45) is 0 Å². The number of hydrogen-bond donors (Lipinski definition) is 0. The molecule has 2 nitrogen and oxygen atoms in total. The second kappa shape index (κ2) is 5.03. The molecule has 0 atom stereocenters. The Labute approximate surface area is 61.9 Å². The average Bonchev–Trinajstić information content (AvgIpc) is 1.90. The van der Waals surface area contributed by atoms with Gasteiger partial charge in [-0.3, -0.25) is 4.79 Å². The monoisotopic (exact) mass is 142 g/mol. The van der Waals surface area contributed by atoms with E-state index in [0.717, 1.165) is 18.4 Å². The van der Waals surface area contributed by atoms with Crippen molar-refractivity contribution >= 4 is 5.97 Å². The van der Waals surface area contributed by atoms with Gasteiger partial charge in [-0.25, -0.2) is 0 Å². The van der Waals surface area contributed by atoms with Crippen LogP contribution in [0.15, 0.2) is 11.8 Å². The Hall–Kier alpha value is -0.790. The fraction of sp³-hybridized carbons (Fsp3) is 0.625. The van der Waals surface area contributed by atoms with E-state index in [9.17, 15) is 4.79 Å². The van der Waals surface area contributed by atoms with E-state index in [1.165, 1.54) is 6.92 Å². The number of ether oxygens (including phenoxy) is 1. The molecule has 0 unspecified atom stereocenters. The molecule has 0 saturated heterocycles. The van der Waals surface area contributed by atoms with Crippen LogP contribution in [0.4, 0.5) is 0 Å². The van der Waals surface area contributed by atoms with Crippen molar-refractivity contribution in [2.75, 3.05) is 0 Å². The molecule has 0 aromatic carbocycles. The Morgan fingerprint density at radius 1 is 1.40 bits per heavy atom. The SMILES string of the molecule is CCC(=COC(C)=O)CC. The maximum atomic E-state index is 10.3. The molecule has 2 heteroatoms. The number of carbonyl (C=O) groups excluding carboxylic acids is 1. The highest BCUT2D eigenvalue weighted by atomic mass is 16.5. The van der Waals surface area contributed by atoms with Crippen LogP contribution in [-0.4, -0.2) is 5.97 Å². The molecule has 0 radical (unpaired) electrons. The van der Waals surface area contributed by atoms with Crippen LogP contribution in [0.2, 0.25) is 0 Å². The van der Waals surface area contributed by atoms with Crippen molar-refractivity contribution < 1.29 is 9.53 Å². The zero-order valence-corrected chi connectivity index (χ0v) is 6.81. The van der Waals surface area contributed by atoms with Crippen LogP contribution in [0.3, 0.4) is 0 Å². The van der Waals surface area contributed by atoms with Gasteiger partial charge < -0.3 is 4.74 Å². The third-order valence-corrected chi connectivity index (χ3v) is 1.30. The number of hydrogen-bond acceptors (Lipinski definition) is 2. The zero-order valence-electron chi connectivity index (χ0n) is 6.81. The van der Waals surface area contributed by atoms with Gasteiger partial charge in [0.15, 0.2) is 0 Å². The summed E-state index contributed by atoms with van der Waals surface area (Å²) in [5, 5.41) is 0. The second-order valence-electron chi connectivity index (χ2n) is 2.09. The molecule has 58 valence electrons. The molecule has 0 bridgehead atoms. The maximum absolute atomic E-state index is 10.3. The van der Waals surface area contributed by atoms with Gasteiger partial charge in [0.25, 0.3) is 0 Å². The standard InChI is InChI=1S/C8H14O2/c1-4-8(5-2)6-10-7(3)9/h6H,4-5H2,1-3H3.